The van der Waals surface area contributed by atoms with Gasteiger partial charge in [-0.3, -0.25) is 0 Å². The molecule has 0 aromatic rings. The van der Waals surface area contributed by atoms with E-state index < -0.39 is 9.28 Å². The predicted octanol–water partition coefficient (Wildman–Crippen LogP) is 0.166. The van der Waals surface area contributed by atoms with Gasteiger partial charge >= 0.3 is 9.28 Å². The lowest BCUT2D eigenvalue weighted by molar-refractivity contribution is 0.264. The molecule has 4 heteroatoms. The molecule has 0 spiro atoms. The van der Waals surface area contributed by atoms with Gasteiger partial charge in [-0.2, -0.15) is 0 Å². The molecule has 0 radical (unpaired) electrons. The van der Waals surface area contributed by atoms with Gasteiger partial charge in [0.1, 0.15) is 0 Å². The summed E-state index contributed by atoms with van der Waals surface area (Å²) in [5.41, 5.74) is 5.90. The molecule has 0 rings (SSSR count). The van der Waals surface area contributed by atoms with Gasteiger partial charge < -0.3 is 14.6 Å². The van der Waals surface area contributed by atoms with Crippen molar-refractivity contribution < 1.29 is 8.85 Å². The molecule has 0 saturated heterocycles. The normalized spacial score (nSPS) is 14.1. The highest BCUT2D eigenvalue weighted by Crippen LogP contribution is 1.98. The van der Waals surface area contributed by atoms with Gasteiger partial charge in [-0.1, -0.05) is 13.3 Å². The Labute approximate surface area is 64.4 Å². The minimum Gasteiger partial charge on any atom is -0.399 e. The zero-order chi connectivity index (χ0) is 7.98. The molecule has 0 heterocycles. The van der Waals surface area contributed by atoms with Crippen LogP contribution >= 0.6 is 0 Å². The molecule has 0 aromatic heterocycles. The van der Waals surface area contributed by atoms with E-state index in [1.54, 1.807) is 14.2 Å². The van der Waals surface area contributed by atoms with E-state index in [2.05, 4.69) is 6.92 Å². The Bertz CT molecular complexity index is 78.1. The second kappa shape index (κ2) is 5.85. The first-order valence-electron chi connectivity index (χ1n) is 3.57. The highest BCUT2D eigenvalue weighted by Gasteiger charge is 2.18. The van der Waals surface area contributed by atoms with E-state index >= 15 is 0 Å². The summed E-state index contributed by atoms with van der Waals surface area (Å²) >= 11 is 0. The second-order valence-corrected chi connectivity index (χ2v) is 4.83. The monoisotopic (exact) mass is 163 g/mol. The molecule has 2 N–H and O–H groups in total. The summed E-state index contributed by atoms with van der Waals surface area (Å²) in [6.45, 7) is 2.11. The minimum atomic E-state index is -1.53. The summed E-state index contributed by atoms with van der Waals surface area (Å²) in [5.74, 6) is 0. The molecule has 1 unspecified atom stereocenters. The molecule has 0 bridgehead atoms. The van der Waals surface area contributed by atoms with Gasteiger partial charge in [-0.15, -0.1) is 0 Å². The fourth-order valence-corrected chi connectivity index (χ4v) is 2.41. The minimum absolute atomic E-state index is 0.139. The zero-order valence-electron chi connectivity index (χ0n) is 6.96. The first-order chi connectivity index (χ1) is 4.76. The largest absolute Gasteiger partial charge is 0.399 e. The summed E-state index contributed by atoms with van der Waals surface area (Å²) in [4.78, 5) is 0. The van der Waals surface area contributed by atoms with E-state index in [0.29, 0.717) is 0 Å². The molecular formula is C6H17NO2Si. The molecule has 0 aliphatic carbocycles. The third-order valence-corrected chi connectivity index (χ3v) is 3.40. The molecule has 10 heavy (non-hydrogen) atoms. The number of nitrogens with two attached hydrogens (primary N) is 1. The molecule has 0 fully saturated rings. The van der Waals surface area contributed by atoms with Crippen LogP contribution in [0.25, 0.3) is 0 Å². The Morgan fingerprint density at radius 2 is 1.90 bits per heavy atom. The van der Waals surface area contributed by atoms with Crippen molar-refractivity contribution in [1.82, 2.24) is 0 Å². The van der Waals surface area contributed by atoms with E-state index in [0.717, 1.165) is 12.8 Å². The van der Waals surface area contributed by atoms with E-state index in [4.69, 9.17) is 14.6 Å². The Hall–Kier alpha value is 0.0969. The van der Waals surface area contributed by atoms with Gasteiger partial charge in [0.2, 0.25) is 0 Å². The summed E-state index contributed by atoms with van der Waals surface area (Å²) in [7, 11) is 1.80. The van der Waals surface area contributed by atoms with Crippen molar-refractivity contribution in [1.29, 1.82) is 0 Å². The topological polar surface area (TPSA) is 44.5 Å². The maximum atomic E-state index is 5.76. The number of hydrogen-bond donors (Lipinski definition) is 1. The third kappa shape index (κ3) is 3.31. The molecule has 0 aliphatic rings. The maximum absolute atomic E-state index is 5.76. The van der Waals surface area contributed by atoms with Crippen LogP contribution in [0.4, 0.5) is 0 Å². The first-order valence-corrected chi connectivity index (χ1v) is 5.18. The molecule has 0 amide bonds. The standard InChI is InChI=1S/C6H17NO2Si/c1-4-5-6(7)10(8-2)9-3/h6,10H,4-5,7H2,1-3H3. The van der Waals surface area contributed by atoms with Crippen LogP contribution in [0.3, 0.4) is 0 Å². The van der Waals surface area contributed by atoms with Gasteiger partial charge in [-0.25, -0.2) is 0 Å². The first kappa shape index (κ1) is 10.1. The fourth-order valence-electron chi connectivity index (χ4n) is 0.915. The summed E-state index contributed by atoms with van der Waals surface area (Å²) in [5, 5.41) is 0. The quantitative estimate of drug-likeness (QED) is 0.587. The average molecular weight is 163 g/mol. The van der Waals surface area contributed by atoms with Gasteiger partial charge in [0.15, 0.2) is 0 Å². The maximum Gasteiger partial charge on any atom is 0.338 e. The Balaban J connectivity index is 3.53. The van der Waals surface area contributed by atoms with Crippen LogP contribution in [0.5, 0.6) is 0 Å². The van der Waals surface area contributed by atoms with Crippen LogP contribution in [0, 0.1) is 0 Å². The molecule has 0 saturated carbocycles. The van der Waals surface area contributed by atoms with Crippen molar-refractivity contribution in [3.63, 3.8) is 0 Å². The van der Waals surface area contributed by atoms with Gasteiger partial charge in [-0.05, 0) is 6.42 Å². The Morgan fingerprint density at radius 1 is 1.40 bits per heavy atom. The second-order valence-electron chi connectivity index (χ2n) is 2.29. The van der Waals surface area contributed by atoms with E-state index in [9.17, 15) is 0 Å². The Kier molecular flexibility index (Phi) is 5.91. The predicted molar refractivity (Wildman–Crippen MR) is 44.1 cm³/mol. The third-order valence-electron chi connectivity index (χ3n) is 1.44. The van der Waals surface area contributed by atoms with Crippen LogP contribution in [0.2, 0.25) is 0 Å². The average Bonchev–Trinajstić information content (AvgIpc) is 1.91. The van der Waals surface area contributed by atoms with E-state index in [1.807, 2.05) is 0 Å². The van der Waals surface area contributed by atoms with E-state index in [-0.39, 0.29) is 5.67 Å². The highest BCUT2D eigenvalue weighted by molar-refractivity contribution is 6.46. The molecular weight excluding hydrogens is 146 g/mol. The highest BCUT2D eigenvalue weighted by atomic mass is 28.3. The zero-order valence-corrected chi connectivity index (χ0v) is 8.12. The lowest BCUT2D eigenvalue weighted by atomic mass is 10.3. The van der Waals surface area contributed by atoms with Crippen molar-refractivity contribution >= 4 is 9.28 Å². The van der Waals surface area contributed by atoms with Crippen LogP contribution < -0.4 is 5.73 Å². The molecule has 62 valence electrons. The molecule has 1 atom stereocenters. The summed E-state index contributed by atoms with van der Waals surface area (Å²) in [6.07, 6.45) is 2.09. The van der Waals surface area contributed by atoms with Crippen molar-refractivity contribution in [2.45, 2.75) is 25.4 Å². The summed E-state index contributed by atoms with van der Waals surface area (Å²) < 4.78 is 10.2. The number of hydrogen-bond acceptors (Lipinski definition) is 3. The Morgan fingerprint density at radius 3 is 2.20 bits per heavy atom. The smallest absolute Gasteiger partial charge is 0.338 e. The van der Waals surface area contributed by atoms with Crippen molar-refractivity contribution in [2.24, 2.45) is 5.73 Å². The SMILES string of the molecule is CCCC(N)[SiH](OC)OC. The number of rotatable bonds is 5. The molecule has 0 aliphatic heterocycles. The van der Waals surface area contributed by atoms with Crippen molar-refractivity contribution in [3.05, 3.63) is 0 Å². The molecule has 0 aromatic carbocycles. The summed E-state index contributed by atoms with van der Waals surface area (Å²) in [6, 6.07) is 0. The lowest BCUT2D eigenvalue weighted by Gasteiger charge is -2.17. The molecule has 3 nitrogen and oxygen atoms in total. The van der Waals surface area contributed by atoms with Crippen LogP contribution in [0.15, 0.2) is 0 Å². The lowest BCUT2D eigenvalue weighted by Crippen LogP contribution is -2.42. The van der Waals surface area contributed by atoms with Crippen molar-refractivity contribution in [3.8, 4) is 0 Å². The van der Waals surface area contributed by atoms with E-state index in [1.165, 1.54) is 0 Å². The van der Waals surface area contributed by atoms with Gasteiger partial charge in [0.25, 0.3) is 0 Å². The van der Waals surface area contributed by atoms with Crippen LogP contribution in [0.1, 0.15) is 19.8 Å². The van der Waals surface area contributed by atoms with Gasteiger partial charge in [0, 0.05) is 19.9 Å². The fraction of sp³-hybridized carbons (Fsp3) is 1.00. The van der Waals surface area contributed by atoms with Gasteiger partial charge in [0.05, 0.1) is 0 Å². The van der Waals surface area contributed by atoms with Crippen LogP contribution in [-0.4, -0.2) is 29.2 Å². The van der Waals surface area contributed by atoms with Crippen molar-refractivity contribution in [2.75, 3.05) is 14.2 Å². The van der Waals surface area contributed by atoms with Crippen LogP contribution in [-0.2, 0) is 8.85 Å².